The van der Waals surface area contributed by atoms with Gasteiger partial charge in [0.2, 0.25) is 21.9 Å². The number of benzene rings is 2. The zero-order chi connectivity index (χ0) is 42.9. The third kappa shape index (κ3) is 6.42. The fraction of sp³-hybridized carbons (Fsp3) is 0.442. The van der Waals surface area contributed by atoms with E-state index in [1.165, 1.54) is 29.1 Å². The number of aryl methyl sites for hydroxylation is 1. The molecule has 2 unspecified atom stereocenters. The first-order valence-electron chi connectivity index (χ1n) is 21.5. The Bertz CT molecular complexity index is 2970. The van der Waals surface area contributed by atoms with Crippen molar-refractivity contribution in [2.24, 2.45) is 0 Å². The van der Waals surface area contributed by atoms with Gasteiger partial charge in [0.25, 0.3) is 0 Å². The van der Waals surface area contributed by atoms with E-state index >= 15 is 13.6 Å². The van der Waals surface area contributed by atoms with Crippen LogP contribution < -0.4 is 15.1 Å². The molecule has 7 aliphatic rings. The minimum Gasteiger partial charge on any atom is -0.374 e. The van der Waals surface area contributed by atoms with Crippen LogP contribution in [0.25, 0.3) is 39.0 Å². The minimum absolute atomic E-state index is 0.0176. The van der Waals surface area contributed by atoms with Crippen molar-refractivity contribution in [3.05, 3.63) is 78.0 Å². The van der Waals surface area contributed by atoms with E-state index in [0.29, 0.717) is 117 Å². The summed E-state index contributed by atoms with van der Waals surface area (Å²) in [7, 11) is -3.40. The second-order valence-corrected chi connectivity index (χ2v) is 19.8. The lowest BCUT2D eigenvalue weighted by Gasteiger charge is -2.55. The van der Waals surface area contributed by atoms with E-state index in [-0.39, 0.29) is 40.6 Å². The molecule has 6 fully saturated rings. The molecule has 13 rings (SSSR count). The number of carbonyl (C=O) groups excluding carboxylic acids is 1. The van der Waals surface area contributed by atoms with Crippen molar-refractivity contribution in [3.63, 3.8) is 0 Å². The number of anilines is 3. The Balaban J connectivity index is 0.979. The van der Waals surface area contributed by atoms with Gasteiger partial charge in [-0.05, 0) is 69.4 Å². The molecule has 1 N–H and O–H groups in total. The van der Waals surface area contributed by atoms with E-state index in [9.17, 15) is 12.8 Å². The maximum atomic E-state index is 15.5. The van der Waals surface area contributed by atoms with E-state index < -0.39 is 39.6 Å². The second-order valence-electron chi connectivity index (χ2n) is 17.6. The van der Waals surface area contributed by atoms with Crippen LogP contribution in [0.2, 0.25) is 0 Å². The molecule has 1 aliphatic carbocycles. The predicted octanol–water partition coefficient (Wildman–Crippen LogP) is 4.40. The summed E-state index contributed by atoms with van der Waals surface area (Å²) in [5, 5.41) is 8.27. The summed E-state index contributed by atoms with van der Waals surface area (Å²) in [6, 6.07) is 10.2. The number of fused-ring (bicyclic) bond motifs is 10. The molecule has 1 amide bonds. The third-order valence-electron chi connectivity index (χ3n) is 13.5. The summed E-state index contributed by atoms with van der Waals surface area (Å²) in [5.41, 5.74) is 2.62. The number of rotatable bonds is 5. The van der Waals surface area contributed by atoms with Gasteiger partial charge in [-0.1, -0.05) is 6.07 Å². The first-order chi connectivity index (χ1) is 30.5. The molecule has 63 heavy (non-hydrogen) atoms. The summed E-state index contributed by atoms with van der Waals surface area (Å²) in [6.07, 6.45) is 4.21. The Morgan fingerprint density at radius 3 is 2.54 bits per heavy atom. The average Bonchev–Trinajstić information content (AvgIpc) is 3.90. The van der Waals surface area contributed by atoms with Crippen molar-refractivity contribution in [1.29, 1.82) is 0 Å². The zero-order valence-corrected chi connectivity index (χ0v) is 35.1. The quantitative estimate of drug-likeness (QED) is 0.261. The Hall–Kier alpha value is -5.86. The first-order valence-corrected chi connectivity index (χ1v) is 23.0. The molecule has 6 aromatic rings. The minimum atomic E-state index is -3.40. The lowest BCUT2D eigenvalue weighted by Crippen LogP contribution is -2.70. The number of halogens is 3. The zero-order valence-electron chi connectivity index (χ0n) is 34.2. The second kappa shape index (κ2) is 14.3. The fourth-order valence-electron chi connectivity index (χ4n) is 10.4. The van der Waals surface area contributed by atoms with Crippen LogP contribution in [0.4, 0.5) is 30.8 Å². The highest BCUT2D eigenvalue weighted by molar-refractivity contribution is 7.90. The SMILES string of the molecule is Cc1nc2cc(F)cc3c2n1C[C@H]1CN(CCCO1)C(=O)[C@@H]1C[C@@H](CN1c1nc(N2C4CC2CN(S(=O)(=O)C2CC2)C4)nc2c1cnn2-c1ccc(F)cc1F)Nc1cccc-3n1. The largest absolute Gasteiger partial charge is 0.374 e. The number of piperazine rings is 1. The number of hydrogen-bond acceptors (Lipinski definition) is 12. The lowest BCUT2D eigenvalue weighted by atomic mass is 9.89. The number of sulfonamides is 1. The molecular formula is C43H43F3N12O4S. The van der Waals surface area contributed by atoms with Crippen molar-refractivity contribution >= 4 is 55.6 Å². The van der Waals surface area contributed by atoms with Crippen LogP contribution in [-0.4, -0.2) is 133 Å². The van der Waals surface area contributed by atoms with Gasteiger partial charge in [-0.3, -0.25) is 4.79 Å². The summed E-state index contributed by atoms with van der Waals surface area (Å²) in [6.45, 7) is 4.33. The summed E-state index contributed by atoms with van der Waals surface area (Å²) >= 11 is 0. The van der Waals surface area contributed by atoms with Crippen LogP contribution in [-0.2, 0) is 26.1 Å². The van der Waals surface area contributed by atoms with E-state index in [4.69, 9.17) is 24.7 Å². The molecule has 5 atom stereocenters. The van der Waals surface area contributed by atoms with Gasteiger partial charge in [0.05, 0.1) is 46.2 Å². The summed E-state index contributed by atoms with van der Waals surface area (Å²) in [4.78, 5) is 40.9. The van der Waals surface area contributed by atoms with Gasteiger partial charge in [0.15, 0.2) is 11.5 Å². The highest BCUT2D eigenvalue weighted by Gasteiger charge is 2.52. The van der Waals surface area contributed by atoms with Gasteiger partial charge < -0.3 is 29.3 Å². The van der Waals surface area contributed by atoms with Crippen LogP contribution >= 0.6 is 0 Å². The molecule has 1 saturated carbocycles. The van der Waals surface area contributed by atoms with Crippen LogP contribution in [0.1, 0.15) is 37.9 Å². The maximum absolute atomic E-state index is 15.5. The number of carbonyl (C=O) groups is 1. The van der Waals surface area contributed by atoms with Crippen molar-refractivity contribution in [2.75, 3.05) is 54.4 Å². The molecule has 10 heterocycles. The van der Waals surface area contributed by atoms with Crippen LogP contribution in [0.3, 0.4) is 0 Å². The molecule has 16 nitrogen and oxygen atoms in total. The average molecular weight is 881 g/mol. The number of nitrogens with zero attached hydrogens (tertiary/aromatic N) is 11. The van der Waals surface area contributed by atoms with E-state index in [1.54, 1.807) is 4.31 Å². The van der Waals surface area contributed by atoms with Gasteiger partial charge in [0.1, 0.15) is 40.8 Å². The van der Waals surface area contributed by atoms with Gasteiger partial charge in [-0.15, -0.1) is 0 Å². The number of aromatic nitrogens is 7. The molecule has 6 aliphatic heterocycles. The number of imidazole rings is 1. The maximum Gasteiger partial charge on any atom is 0.245 e. The van der Waals surface area contributed by atoms with Crippen molar-refractivity contribution in [3.8, 4) is 16.9 Å². The Labute approximate surface area is 359 Å². The highest BCUT2D eigenvalue weighted by Crippen LogP contribution is 2.43. The molecule has 5 saturated heterocycles. The predicted molar refractivity (Wildman–Crippen MR) is 227 cm³/mol. The van der Waals surface area contributed by atoms with Crippen molar-refractivity contribution in [2.45, 2.75) is 81.1 Å². The molecule has 8 bridgehead atoms. The van der Waals surface area contributed by atoms with Crippen LogP contribution in [0.15, 0.2) is 54.7 Å². The first kappa shape index (κ1) is 38.8. The van der Waals surface area contributed by atoms with Crippen molar-refractivity contribution in [1.82, 2.24) is 43.5 Å². The van der Waals surface area contributed by atoms with Crippen LogP contribution in [0, 0.1) is 24.4 Å². The molecule has 0 spiro atoms. The molecule has 2 aromatic carbocycles. The number of ether oxygens (including phenoxy) is 1. The summed E-state index contributed by atoms with van der Waals surface area (Å²) in [5.74, 6) is -0.191. The van der Waals surface area contributed by atoms with Crippen molar-refractivity contribution < 1.29 is 31.1 Å². The third-order valence-corrected chi connectivity index (χ3v) is 15.8. The lowest BCUT2D eigenvalue weighted by molar-refractivity contribution is -0.133. The van der Waals surface area contributed by atoms with E-state index in [1.807, 2.05) is 44.4 Å². The Kier molecular flexibility index (Phi) is 8.82. The fourth-order valence-corrected chi connectivity index (χ4v) is 12.3. The van der Waals surface area contributed by atoms with E-state index in [0.717, 1.165) is 24.1 Å². The summed E-state index contributed by atoms with van der Waals surface area (Å²) < 4.78 is 82.9. The number of hydrogen-bond donors (Lipinski definition) is 1. The monoisotopic (exact) mass is 880 g/mol. The standard InChI is InChI=1S/C43H43F3N12O4S/c1-23-48-35-14-25(45)12-31-34-4-2-5-38(50-34)49-26-15-37(42(59)53-10-3-11-62-29(21-53)22-55(23)39(31)35)56(18-26)40-32-17-47-58(36-9-6-24(44)13-33(36)46)41(32)52-43(51-40)57-27-16-28(57)20-54(19-27)63(60,61)30-7-8-30/h2,4-6,9,12-14,17,26-30,37H,3,7-8,10-11,15-16,18-22H2,1H3,(H,49,50)/t26-,27?,28?,29+,37-/m0/s1. The van der Waals surface area contributed by atoms with Gasteiger partial charge >= 0.3 is 0 Å². The number of pyridine rings is 1. The normalized spacial score (nSPS) is 25.2. The molecule has 326 valence electrons. The number of nitrogens with one attached hydrogen (secondary N) is 1. The van der Waals surface area contributed by atoms with E-state index in [2.05, 4.69) is 10.4 Å². The van der Waals surface area contributed by atoms with Gasteiger partial charge in [0, 0.05) is 75.2 Å². The molecule has 20 heteroatoms. The molecule has 0 radical (unpaired) electrons. The Morgan fingerprint density at radius 2 is 1.73 bits per heavy atom. The molecular weight excluding hydrogens is 838 g/mol. The topological polar surface area (TPSA) is 160 Å². The van der Waals surface area contributed by atoms with Gasteiger partial charge in [-0.25, -0.2) is 36.2 Å². The van der Waals surface area contributed by atoms with Gasteiger partial charge in [-0.2, -0.15) is 19.4 Å². The molecule has 4 aromatic heterocycles. The number of amides is 1. The highest BCUT2D eigenvalue weighted by atomic mass is 32.2. The van der Waals surface area contributed by atoms with Crippen LogP contribution in [0.5, 0.6) is 0 Å². The Morgan fingerprint density at radius 1 is 0.889 bits per heavy atom. The number of piperidine rings is 1. The smallest absolute Gasteiger partial charge is 0.245 e.